The number of nitrogens with zero attached hydrogens (tertiary/aromatic N) is 1. The summed E-state index contributed by atoms with van der Waals surface area (Å²) in [4.78, 5) is 25.3. The van der Waals surface area contributed by atoms with Crippen molar-refractivity contribution in [2.75, 3.05) is 13.7 Å². The molecule has 5 atom stereocenters. The minimum atomic E-state index is -1.44. The third-order valence-corrected chi connectivity index (χ3v) is 4.27. The Kier molecular flexibility index (Phi) is 5.86. The van der Waals surface area contributed by atoms with Gasteiger partial charge in [-0.1, -0.05) is 0 Å². The van der Waals surface area contributed by atoms with Crippen molar-refractivity contribution in [3.8, 4) is 0 Å². The second-order valence-electron chi connectivity index (χ2n) is 8.10. The van der Waals surface area contributed by atoms with Crippen molar-refractivity contribution < 1.29 is 38.7 Å². The Bertz CT molecular complexity index is 543. The lowest BCUT2D eigenvalue weighted by molar-refractivity contribution is -0.171. The van der Waals surface area contributed by atoms with Gasteiger partial charge >= 0.3 is 12.1 Å². The molecule has 0 aromatic carbocycles. The first-order chi connectivity index (χ1) is 11.8. The number of esters is 1. The van der Waals surface area contributed by atoms with Crippen molar-refractivity contribution >= 4 is 12.1 Å². The first-order valence-corrected chi connectivity index (χ1v) is 8.63. The fourth-order valence-electron chi connectivity index (χ4n) is 3.28. The molecule has 2 heterocycles. The summed E-state index contributed by atoms with van der Waals surface area (Å²) in [5.74, 6) is -1.54. The van der Waals surface area contributed by atoms with Crippen molar-refractivity contribution in [3.63, 3.8) is 0 Å². The van der Waals surface area contributed by atoms with Crippen LogP contribution >= 0.6 is 0 Å². The van der Waals surface area contributed by atoms with Gasteiger partial charge in [-0.2, -0.15) is 0 Å². The summed E-state index contributed by atoms with van der Waals surface area (Å²) in [6, 6.07) is -0.920. The van der Waals surface area contributed by atoms with Gasteiger partial charge in [0, 0.05) is 0 Å². The number of methoxy groups -OCH3 is 1. The Balaban J connectivity index is 2.22. The highest BCUT2D eigenvalue weighted by molar-refractivity contribution is 5.70. The molecule has 0 saturated carbocycles. The highest BCUT2D eigenvalue weighted by Gasteiger charge is 2.57. The predicted molar refractivity (Wildman–Crippen MR) is 89.2 cm³/mol. The molecule has 0 unspecified atom stereocenters. The number of ether oxygens (including phenoxy) is 4. The van der Waals surface area contributed by atoms with Gasteiger partial charge in [-0.15, -0.1) is 0 Å². The summed E-state index contributed by atoms with van der Waals surface area (Å²) in [5, 5.41) is 20.9. The van der Waals surface area contributed by atoms with Crippen LogP contribution in [0.5, 0.6) is 0 Å². The lowest BCUT2D eigenvalue weighted by Gasteiger charge is -2.35. The lowest BCUT2D eigenvalue weighted by Crippen LogP contribution is -2.54. The smallest absolute Gasteiger partial charge is 0.410 e. The van der Waals surface area contributed by atoms with Crippen molar-refractivity contribution in [1.82, 2.24) is 4.90 Å². The van der Waals surface area contributed by atoms with E-state index >= 15 is 0 Å². The standard InChI is InChI=1S/C17H29NO8/c1-16(2,3)26-15(22)18-8-10-14(25-17(4,5)24-10)12(18)13(21)9(19)7-11(20)23-6/h9-10,12-14,19,21H,7-8H2,1-6H3/t9-,10-,12-,13+,14-/m0/s1. The number of fused-ring (bicyclic) bond motifs is 1. The molecule has 26 heavy (non-hydrogen) atoms. The predicted octanol–water partition coefficient (Wildman–Crippen LogP) is 0.411. The molecule has 1 amide bonds. The van der Waals surface area contributed by atoms with E-state index in [0.29, 0.717) is 0 Å². The zero-order valence-electron chi connectivity index (χ0n) is 16.1. The Hall–Kier alpha value is -1.42. The molecule has 0 radical (unpaired) electrons. The van der Waals surface area contributed by atoms with Gasteiger partial charge in [-0.05, 0) is 34.6 Å². The molecule has 0 aromatic heterocycles. The van der Waals surface area contributed by atoms with E-state index in [0.717, 1.165) is 0 Å². The highest BCUT2D eigenvalue weighted by Crippen LogP contribution is 2.39. The van der Waals surface area contributed by atoms with E-state index in [1.54, 1.807) is 34.6 Å². The van der Waals surface area contributed by atoms with E-state index in [1.807, 2.05) is 0 Å². The van der Waals surface area contributed by atoms with Gasteiger partial charge in [0.2, 0.25) is 0 Å². The summed E-state index contributed by atoms with van der Waals surface area (Å²) < 4.78 is 21.5. The molecule has 0 spiro atoms. The molecule has 2 aliphatic rings. The number of hydrogen-bond acceptors (Lipinski definition) is 8. The van der Waals surface area contributed by atoms with E-state index in [-0.39, 0.29) is 6.54 Å². The number of rotatable bonds is 4. The monoisotopic (exact) mass is 375 g/mol. The maximum atomic E-state index is 12.6. The lowest BCUT2D eigenvalue weighted by atomic mass is 9.98. The second kappa shape index (κ2) is 7.30. The van der Waals surface area contributed by atoms with Crippen LogP contribution < -0.4 is 0 Å². The summed E-state index contributed by atoms with van der Waals surface area (Å²) in [7, 11) is 1.19. The molecule has 0 aliphatic carbocycles. The van der Waals surface area contributed by atoms with Gasteiger partial charge in [0.25, 0.3) is 0 Å². The summed E-state index contributed by atoms with van der Waals surface area (Å²) >= 11 is 0. The Morgan fingerprint density at radius 2 is 1.88 bits per heavy atom. The third kappa shape index (κ3) is 4.64. The molecule has 9 heteroatoms. The van der Waals surface area contributed by atoms with Crippen LogP contribution in [0.4, 0.5) is 4.79 Å². The molecule has 2 N–H and O–H groups in total. The summed E-state index contributed by atoms with van der Waals surface area (Å²) in [5.41, 5.74) is -0.726. The summed E-state index contributed by atoms with van der Waals surface area (Å²) in [6.45, 7) is 8.81. The molecule has 2 rings (SSSR count). The van der Waals surface area contributed by atoms with Gasteiger partial charge in [-0.25, -0.2) is 4.79 Å². The number of aliphatic hydroxyl groups excluding tert-OH is 2. The van der Waals surface area contributed by atoms with E-state index in [2.05, 4.69) is 4.74 Å². The normalized spacial score (nSPS) is 29.8. The maximum absolute atomic E-state index is 12.6. The SMILES string of the molecule is COC(=O)C[C@H](O)[C@@H](O)[C@H]1[C@H]2OC(C)(C)O[C@H]2CN1C(=O)OC(C)(C)C. The largest absolute Gasteiger partial charge is 0.469 e. The highest BCUT2D eigenvalue weighted by atomic mass is 16.8. The number of likely N-dealkylation sites (tertiary alicyclic amines) is 1. The number of amides is 1. The van der Waals surface area contributed by atoms with Crippen molar-refractivity contribution in [2.45, 2.75) is 82.9 Å². The minimum Gasteiger partial charge on any atom is -0.469 e. The topological polar surface area (TPSA) is 115 Å². The van der Waals surface area contributed by atoms with Crippen LogP contribution in [0.1, 0.15) is 41.0 Å². The van der Waals surface area contributed by atoms with Crippen LogP contribution in [-0.2, 0) is 23.7 Å². The van der Waals surface area contributed by atoms with Gasteiger partial charge in [0.15, 0.2) is 5.79 Å². The van der Waals surface area contributed by atoms with Gasteiger partial charge in [-0.3, -0.25) is 9.69 Å². The molecule has 2 fully saturated rings. The first-order valence-electron chi connectivity index (χ1n) is 8.63. The minimum absolute atomic E-state index is 0.148. The number of carbonyl (C=O) groups is 2. The van der Waals surface area contributed by atoms with E-state index in [4.69, 9.17) is 14.2 Å². The van der Waals surface area contributed by atoms with Crippen LogP contribution in [0, 0.1) is 0 Å². The molecule has 2 saturated heterocycles. The van der Waals surface area contributed by atoms with Crippen molar-refractivity contribution in [1.29, 1.82) is 0 Å². The Morgan fingerprint density at radius 3 is 2.42 bits per heavy atom. The number of aliphatic hydroxyl groups is 2. The van der Waals surface area contributed by atoms with Crippen LogP contribution in [-0.4, -0.2) is 82.7 Å². The molecular weight excluding hydrogens is 346 g/mol. The van der Waals surface area contributed by atoms with E-state index < -0.39 is 60.3 Å². The number of carbonyl (C=O) groups excluding carboxylic acids is 2. The van der Waals surface area contributed by atoms with Gasteiger partial charge in [0.1, 0.15) is 23.9 Å². The molecule has 9 nitrogen and oxygen atoms in total. The molecular formula is C17H29NO8. The molecule has 150 valence electrons. The quantitative estimate of drug-likeness (QED) is 0.679. The van der Waals surface area contributed by atoms with Crippen LogP contribution in [0.15, 0.2) is 0 Å². The fourth-order valence-corrected chi connectivity index (χ4v) is 3.28. The fraction of sp³-hybridized carbons (Fsp3) is 0.882. The average Bonchev–Trinajstić information content (AvgIpc) is 2.96. The van der Waals surface area contributed by atoms with Crippen LogP contribution in [0.3, 0.4) is 0 Å². The van der Waals surface area contributed by atoms with Crippen molar-refractivity contribution in [2.24, 2.45) is 0 Å². The van der Waals surface area contributed by atoms with Crippen LogP contribution in [0.25, 0.3) is 0 Å². The van der Waals surface area contributed by atoms with Gasteiger partial charge in [0.05, 0.1) is 32.2 Å². The molecule has 0 aromatic rings. The zero-order chi connectivity index (χ0) is 19.9. The Morgan fingerprint density at radius 1 is 1.27 bits per heavy atom. The maximum Gasteiger partial charge on any atom is 0.410 e. The molecule has 2 aliphatic heterocycles. The Labute approximate surface area is 153 Å². The molecule has 0 bridgehead atoms. The number of hydrogen-bond donors (Lipinski definition) is 2. The van der Waals surface area contributed by atoms with E-state index in [1.165, 1.54) is 12.0 Å². The van der Waals surface area contributed by atoms with E-state index in [9.17, 15) is 19.8 Å². The first kappa shape index (κ1) is 20.9. The van der Waals surface area contributed by atoms with Crippen molar-refractivity contribution in [3.05, 3.63) is 0 Å². The average molecular weight is 375 g/mol. The summed E-state index contributed by atoms with van der Waals surface area (Å²) in [6.07, 6.45) is -5.04. The van der Waals surface area contributed by atoms with Gasteiger partial charge < -0.3 is 29.2 Å². The zero-order valence-corrected chi connectivity index (χ0v) is 16.1. The third-order valence-electron chi connectivity index (χ3n) is 4.27. The second-order valence-corrected chi connectivity index (χ2v) is 8.10. The van der Waals surface area contributed by atoms with Crippen LogP contribution in [0.2, 0.25) is 0 Å².